The molecule has 0 spiro atoms. The molecular weight excluding hydrogens is 1250 g/mol. The van der Waals surface area contributed by atoms with Crippen molar-refractivity contribution in [2.45, 2.75) is 235 Å². The van der Waals surface area contributed by atoms with Crippen molar-refractivity contribution in [3.8, 4) is 23.0 Å². The summed E-state index contributed by atoms with van der Waals surface area (Å²) in [6, 6.07) is 51.8. The Morgan fingerprint density at radius 2 is 1.13 bits per heavy atom. The molecule has 8 heteroatoms. The first-order valence-corrected chi connectivity index (χ1v) is 38.2. The minimum atomic E-state index is -0.148. The molecule has 102 heavy (non-hydrogen) atoms. The number of methoxy groups -OCH3 is 2. The standard InChI is InChI=1S/C25H38O2.C24H23NO2.C23H21NO.C22H32O/c1-8-9-10-13-24(3,4)18-15-21(26-7)23-19-14-17(2)11-12-20(19)25(5,6)27-22(23)16-18;1-4-14-25-16(2)23(21-9-5-6-11-22(21)25)24(26)20-10-7-8-17-15-18(27-3)12-13-19(17)20;1-3-14-24-15-21(19-10-6-7-11-22(19)24)23(25)20-13-12-16(2)17-8-4-5-9-18(17)20;1-7-12-21(3,4)16-9-10-17-18-13-15(2)8-11-19(18)22(5,6)23-20(17)14-16/h14-16,19-20H,8-13H2,1-7H3;5-13,15H,4,14H2,1-3H3;4-13,15H,3,14H2,1-2H3;9-10,13-14,18-19H,7-8,11-12H2,1-6H3/t19-,20-;;;18-,19+/m1..0/s1. The molecule has 0 radical (unpaired) electrons. The number of carbonyl (C=O) groups is 2. The van der Waals surface area contributed by atoms with Gasteiger partial charge < -0.3 is 28.1 Å². The van der Waals surface area contributed by atoms with Gasteiger partial charge >= 0.3 is 0 Å². The molecule has 2 aliphatic heterocycles. The van der Waals surface area contributed by atoms with Gasteiger partial charge in [-0.25, -0.2) is 0 Å². The zero-order chi connectivity index (χ0) is 73.0. The van der Waals surface area contributed by atoms with Crippen molar-refractivity contribution in [3.63, 3.8) is 0 Å². The molecule has 4 aliphatic rings. The van der Waals surface area contributed by atoms with Crippen molar-refractivity contribution in [1.82, 2.24) is 9.13 Å². The topological polar surface area (TPSA) is 80.9 Å². The molecule has 10 aromatic rings. The number of aromatic nitrogens is 2. The number of ether oxygens (including phenoxy) is 4. The number of hydrogen-bond donors (Lipinski definition) is 0. The van der Waals surface area contributed by atoms with Gasteiger partial charge in [0, 0.05) is 98.3 Å². The van der Waals surface area contributed by atoms with Gasteiger partial charge in [-0.05, 0) is 204 Å². The first kappa shape index (κ1) is 74.6. The summed E-state index contributed by atoms with van der Waals surface area (Å²) in [4.78, 5) is 27.0. The van der Waals surface area contributed by atoms with E-state index in [0.717, 1.165) is 120 Å². The van der Waals surface area contributed by atoms with Crippen LogP contribution in [0, 0.1) is 25.7 Å². The molecule has 0 amide bonds. The summed E-state index contributed by atoms with van der Waals surface area (Å²) in [5.41, 5.74) is 16.1. The first-order valence-electron chi connectivity index (χ1n) is 38.2. The van der Waals surface area contributed by atoms with Crippen molar-refractivity contribution in [2.75, 3.05) is 14.2 Å². The quantitative estimate of drug-likeness (QED) is 0.0484. The van der Waals surface area contributed by atoms with Gasteiger partial charge in [0.05, 0.1) is 19.8 Å². The third-order valence-electron chi connectivity index (χ3n) is 23.0. The molecule has 0 saturated heterocycles. The van der Waals surface area contributed by atoms with Crippen LogP contribution in [0.4, 0.5) is 0 Å². The van der Waals surface area contributed by atoms with Crippen LogP contribution in [-0.4, -0.2) is 46.1 Å². The monoisotopic (exact) mass is 1370 g/mol. The van der Waals surface area contributed by atoms with Crippen molar-refractivity contribution in [1.29, 1.82) is 0 Å². The fraction of sp³-hybridized carbons (Fsp3) is 0.426. The number of ketones is 2. The highest BCUT2D eigenvalue weighted by Crippen LogP contribution is 2.55. The van der Waals surface area contributed by atoms with E-state index in [2.05, 4.69) is 187 Å². The summed E-state index contributed by atoms with van der Waals surface area (Å²) in [6.45, 7) is 37.8. The number of unbranched alkanes of at least 4 members (excludes halogenated alkanes) is 2. The van der Waals surface area contributed by atoms with Gasteiger partial charge in [0.25, 0.3) is 0 Å². The fourth-order valence-electron chi connectivity index (χ4n) is 17.2. The van der Waals surface area contributed by atoms with Gasteiger partial charge in [0.2, 0.25) is 0 Å². The molecule has 0 unspecified atom stereocenters. The van der Waals surface area contributed by atoms with Crippen molar-refractivity contribution >= 4 is 54.9 Å². The largest absolute Gasteiger partial charge is 0.497 e. The highest BCUT2D eigenvalue weighted by atomic mass is 16.5. The van der Waals surface area contributed by atoms with Crippen LogP contribution in [-0.2, 0) is 23.9 Å². The van der Waals surface area contributed by atoms with Crippen LogP contribution in [0.15, 0.2) is 181 Å². The zero-order valence-electron chi connectivity index (χ0n) is 64.7. The van der Waals surface area contributed by atoms with Gasteiger partial charge in [-0.2, -0.15) is 0 Å². The maximum absolute atomic E-state index is 13.6. The smallest absolute Gasteiger partial charge is 0.196 e. The van der Waals surface area contributed by atoms with E-state index in [1.807, 2.05) is 103 Å². The van der Waals surface area contributed by atoms with Crippen LogP contribution in [0.5, 0.6) is 23.0 Å². The second kappa shape index (κ2) is 31.1. The Labute approximate surface area is 609 Å². The van der Waals surface area contributed by atoms with Gasteiger partial charge in [-0.15, -0.1) is 0 Å². The van der Waals surface area contributed by atoms with Gasteiger partial charge in [0.15, 0.2) is 11.6 Å². The van der Waals surface area contributed by atoms with Gasteiger partial charge in [-0.3, -0.25) is 9.59 Å². The summed E-state index contributed by atoms with van der Waals surface area (Å²) in [7, 11) is 3.46. The predicted molar refractivity (Wildman–Crippen MR) is 428 cm³/mol. The lowest BCUT2D eigenvalue weighted by Gasteiger charge is -2.47. The number of nitrogens with zero attached hydrogens (tertiary/aromatic N) is 2. The lowest BCUT2D eigenvalue weighted by molar-refractivity contribution is 0.0105. The van der Waals surface area contributed by atoms with E-state index in [1.54, 1.807) is 14.2 Å². The molecule has 4 atom stereocenters. The Kier molecular flexibility index (Phi) is 22.8. The number of allylic oxidation sites excluding steroid dienone is 4. The summed E-state index contributed by atoms with van der Waals surface area (Å²) >= 11 is 0. The van der Waals surface area contributed by atoms with E-state index in [-0.39, 0.29) is 33.6 Å². The molecule has 14 rings (SSSR count). The third-order valence-corrected chi connectivity index (χ3v) is 23.0. The average molecular weight is 1370 g/mol. The van der Waals surface area contributed by atoms with Crippen LogP contribution < -0.4 is 18.9 Å². The Hall–Kier alpha value is -8.62. The Balaban J connectivity index is 0.000000137. The van der Waals surface area contributed by atoms with Crippen molar-refractivity contribution in [3.05, 3.63) is 237 Å². The third kappa shape index (κ3) is 15.2. The fourth-order valence-corrected chi connectivity index (χ4v) is 17.2. The van der Waals surface area contributed by atoms with Crippen LogP contribution >= 0.6 is 0 Å². The maximum Gasteiger partial charge on any atom is 0.196 e. The zero-order valence-corrected chi connectivity index (χ0v) is 64.7. The number of rotatable bonds is 18. The summed E-state index contributed by atoms with van der Waals surface area (Å²) < 4.78 is 28.8. The number of hydrogen-bond acceptors (Lipinski definition) is 6. The Morgan fingerprint density at radius 1 is 0.520 bits per heavy atom. The van der Waals surface area contributed by atoms with E-state index in [1.165, 1.54) is 103 Å². The Bertz CT molecular complexity index is 4750. The maximum atomic E-state index is 13.6. The molecular formula is C94H114N2O6. The van der Waals surface area contributed by atoms with Crippen LogP contribution in [0.2, 0.25) is 0 Å². The van der Waals surface area contributed by atoms with Crippen molar-refractivity contribution < 1.29 is 28.5 Å². The second-order valence-electron chi connectivity index (χ2n) is 32.0. The van der Waals surface area contributed by atoms with Crippen molar-refractivity contribution in [2.24, 2.45) is 11.8 Å². The number of aryl methyl sites for hydroxylation is 3. The number of fused-ring (bicyclic) bond motifs is 10. The van der Waals surface area contributed by atoms with Gasteiger partial charge in [0.1, 0.15) is 34.2 Å². The molecule has 0 fully saturated rings. The lowest BCUT2D eigenvalue weighted by Crippen LogP contribution is -2.45. The molecule has 0 saturated carbocycles. The number of para-hydroxylation sites is 2. The molecule has 0 bridgehead atoms. The van der Waals surface area contributed by atoms with E-state index in [4.69, 9.17) is 18.9 Å². The summed E-state index contributed by atoms with van der Waals surface area (Å²) in [5.74, 6) is 6.13. The first-order chi connectivity index (χ1) is 48.8. The average Bonchev–Trinajstić information content (AvgIpc) is 1.01. The molecule has 8 aromatic carbocycles. The highest BCUT2D eigenvalue weighted by molar-refractivity contribution is 6.23. The van der Waals surface area contributed by atoms with Crippen LogP contribution in [0.3, 0.4) is 0 Å². The number of carbonyl (C=O) groups excluding carboxylic acids is 2. The van der Waals surface area contributed by atoms with E-state index in [9.17, 15) is 9.59 Å². The van der Waals surface area contributed by atoms with Crippen LogP contribution in [0.1, 0.15) is 251 Å². The van der Waals surface area contributed by atoms with Gasteiger partial charge in [-0.1, -0.05) is 207 Å². The molecule has 536 valence electrons. The SMILES string of the molecule is CCCC(C)(C)c1ccc2c(c1)OC(C)(C)[C@@H]1CCC(C)=C[C@@H]21.CCCCCC(C)(C)c1cc(OC)c2c(c1)OC(C)(C)[C@@H]1CCC(C)=C[C@@H]21.CCCn1c(C)c(C(=O)c2cccc3cc(OC)ccc23)c2ccccc21.CCCn1cc(C(=O)c2ccc(C)c3ccccc23)c2ccccc21. The predicted octanol–water partition coefficient (Wildman–Crippen LogP) is 25.0. The Morgan fingerprint density at radius 3 is 1.79 bits per heavy atom. The molecule has 2 aliphatic carbocycles. The summed E-state index contributed by atoms with van der Waals surface area (Å²) in [6.07, 6.45) is 21.3. The van der Waals surface area contributed by atoms with Crippen LogP contribution in [0.25, 0.3) is 43.4 Å². The molecule has 2 aromatic heterocycles. The summed E-state index contributed by atoms with van der Waals surface area (Å²) in [5, 5.41) is 6.19. The number of benzene rings is 8. The molecule has 8 nitrogen and oxygen atoms in total. The minimum absolute atomic E-state index is 0.0781. The molecule has 0 N–H and O–H groups in total. The molecule has 4 heterocycles. The highest BCUT2D eigenvalue weighted by Gasteiger charge is 2.47. The van der Waals surface area contributed by atoms with E-state index in [0.29, 0.717) is 23.7 Å². The van der Waals surface area contributed by atoms with E-state index < -0.39 is 0 Å². The second-order valence-corrected chi connectivity index (χ2v) is 32.0. The normalized spacial score (nSPS) is 17.9. The van der Waals surface area contributed by atoms with E-state index >= 15 is 0 Å². The minimum Gasteiger partial charge on any atom is -0.497 e. The lowest BCUT2D eigenvalue weighted by atomic mass is 9.67.